The molecule has 0 fully saturated rings. The fraction of sp³-hybridized carbons (Fsp3) is 0.312. The van der Waals surface area contributed by atoms with Crippen LogP contribution in [0.1, 0.15) is 30.9 Å². The van der Waals surface area contributed by atoms with Crippen molar-refractivity contribution >= 4 is 5.97 Å². The molecule has 19 heavy (non-hydrogen) atoms. The summed E-state index contributed by atoms with van der Waals surface area (Å²) in [6.07, 6.45) is 0.951. The van der Waals surface area contributed by atoms with Gasteiger partial charge in [-0.2, -0.15) is 0 Å². The number of aliphatic hydroxyl groups is 1. The number of ether oxygens (including phenoxy) is 1. The van der Waals surface area contributed by atoms with Gasteiger partial charge in [-0.25, -0.2) is 0 Å². The highest BCUT2D eigenvalue weighted by Crippen LogP contribution is 2.05. The fourth-order valence-corrected chi connectivity index (χ4v) is 1.32. The molecule has 0 aliphatic heterocycles. The van der Waals surface area contributed by atoms with Crippen LogP contribution in [0.15, 0.2) is 24.3 Å². The van der Waals surface area contributed by atoms with Crippen molar-refractivity contribution in [1.29, 1.82) is 0 Å². The minimum absolute atomic E-state index is 0.0588. The van der Waals surface area contributed by atoms with Gasteiger partial charge < -0.3 is 9.84 Å². The molecule has 0 aliphatic rings. The molecule has 1 aromatic carbocycles. The van der Waals surface area contributed by atoms with Gasteiger partial charge in [0.25, 0.3) is 0 Å². The van der Waals surface area contributed by atoms with Gasteiger partial charge in [0.15, 0.2) is 0 Å². The van der Waals surface area contributed by atoms with Gasteiger partial charge in [0.2, 0.25) is 0 Å². The van der Waals surface area contributed by atoms with Gasteiger partial charge in [0.05, 0.1) is 6.61 Å². The summed E-state index contributed by atoms with van der Waals surface area (Å²) in [7, 11) is 0. The van der Waals surface area contributed by atoms with Gasteiger partial charge in [-0.3, -0.25) is 4.79 Å². The molecule has 0 heterocycles. The zero-order valence-electron chi connectivity index (χ0n) is 10.9. The third-order valence-corrected chi connectivity index (χ3v) is 2.14. The summed E-state index contributed by atoms with van der Waals surface area (Å²) >= 11 is 0. The summed E-state index contributed by atoms with van der Waals surface area (Å²) in [4.78, 5) is 10.6. The molecule has 1 aromatic rings. The molecule has 3 heteroatoms. The molecule has 0 unspecified atom stereocenters. The standard InChI is InChI=1S/C16H16O3/c1-14(18)19-13-7-5-11-16-9-3-2-8-15(16)10-4-6-12-17/h2-3,8-9,17H,6-7,12-13H2,1H3. The molecular weight excluding hydrogens is 240 g/mol. The number of esters is 1. The Morgan fingerprint density at radius 2 is 1.74 bits per heavy atom. The average molecular weight is 256 g/mol. The molecule has 0 atom stereocenters. The fourth-order valence-electron chi connectivity index (χ4n) is 1.32. The van der Waals surface area contributed by atoms with Crippen LogP contribution in [-0.2, 0) is 9.53 Å². The van der Waals surface area contributed by atoms with Gasteiger partial charge in [0.1, 0.15) is 6.61 Å². The Bertz CT molecular complexity index is 538. The number of carbonyl (C=O) groups is 1. The topological polar surface area (TPSA) is 46.5 Å². The second-order valence-electron chi connectivity index (χ2n) is 3.71. The Balaban J connectivity index is 2.66. The number of hydrogen-bond acceptors (Lipinski definition) is 3. The van der Waals surface area contributed by atoms with E-state index in [0.717, 1.165) is 11.1 Å². The van der Waals surface area contributed by atoms with E-state index in [1.807, 2.05) is 24.3 Å². The van der Waals surface area contributed by atoms with Crippen LogP contribution in [0, 0.1) is 23.7 Å². The van der Waals surface area contributed by atoms with E-state index in [0.29, 0.717) is 19.4 Å². The third-order valence-electron chi connectivity index (χ3n) is 2.14. The molecule has 98 valence electrons. The predicted molar refractivity (Wildman–Crippen MR) is 73.2 cm³/mol. The van der Waals surface area contributed by atoms with Gasteiger partial charge >= 0.3 is 5.97 Å². The molecule has 1 N–H and O–H groups in total. The van der Waals surface area contributed by atoms with Crippen molar-refractivity contribution in [1.82, 2.24) is 0 Å². The van der Waals surface area contributed by atoms with E-state index in [1.54, 1.807) is 0 Å². The molecule has 1 rings (SSSR count). The first kappa shape index (κ1) is 14.8. The average Bonchev–Trinajstić information content (AvgIpc) is 2.40. The molecule has 0 amide bonds. The quantitative estimate of drug-likeness (QED) is 0.509. The highest BCUT2D eigenvalue weighted by molar-refractivity contribution is 5.65. The Labute approximate surface area is 113 Å². The first-order valence-corrected chi connectivity index (χ1v) is 6.05. The number of rotatable bonds is 3. The van der Waals surface area contributed by atoms with Crippen molar-refractivity contribution in [2.45, 2.75) is 19.8 Å². The molecule has 0 saturated carbocycles. The predicted octanol–water partition coefficient (Wildman–Crippen LogP) is 1.73. The monoisotopic (exact) mass is 256 g/mol. The highest BCUT2D eigenvalue weighted by atomic mass is 16.5. The van der Waals surface area contributed by atoms with Crippen molar-refractivity contribution in [2.24, 2.45) is 0 Å². The van der Waals surface area contributed by atoms with Crippen LogP contribution in [0.3, 0.4) is 0 Å². The maximum Gasteiger partial charge on any atom is 0.302 e. The van der Waals surface area contributed by atoms with Gasteiger partial charge in [-0.05, 0) is 12.1 Å². The molecule has 3 nitrogen and oxygen atoms in total. The highest BCUT2D eigenvalue weighted by Gasteiger charge is 1.94. The van der Waals surface area contributed by atoms with E-state index >= 15 is 0 Å². The maximum atomic E-state index is 10.6. The lowest BCUT2D eigenvalue weighted by molar-refractivity contribution is -0.140. The summed E-state index contributed by atoms with van der Waals surface area (Å²) in [5, 5.41) is 8.69. The Morgan fingerprint density at radius 1 is 1.16 bits per heavy atom. The summed E-state index contributed by atoms with van der Waals surface area (Å²) in [6, 6.07) is 7.57. The van der Waals surface area contributed by atoms with Crippen LogP contribution in [0.4, 0.5) is 0 Å². The summed E-state index contributed by atoms with van der Waals surface area (Å²) < 4.78 is 4.79. The molecule has 0 aromatic heterocycles. The summed E-state index contributed by atoms with van der Waals surface area (Å²) in [5.41, 5.74) is 1.69. The zero-order valence-corrected chi connectivity index (χ0v) is 10.9. The molecule has 0 radical (unpaired) electrons. The summed E-state index contributed by atoms with van der Waals surface area (Å²) in [6.45, 7) is 1.74. The third kappa shape index (κ3) is 6.31. The number of benzene rings is 1. The number of carbonyl (C=O) groups excluding carboxylic acids is 1. The van der Waals surface area contributed by atoms with Gasteiger partial charge in [0, 0.05) is 30.9 Å². The Morgan fingerprint density at radius 3 is 2.26 bits per heavy atom. The minimum Gasteiger partial charge on any atom is -0.465 e. The normalized spacial score (nSPS) is 8.74. The maximum absolute atomic E-state index is 10.6. The van der Waals surface area contributed by atoms with Crippen molar-refractivity contribution in [3.05, 3.63) is 35.4 Å². The Kier molecular flexibility index (Phi) is 6.87. The van der Waals surface area contributed by atoms with E-state index in [1.165, 1.54) is 6.92 Å². The van der Waals surface area contributed by atoms with Crippen LogP contribution in [0.25, 0.3) is 0 Å². The first-order valence-electron chi connectivity index (χ1n) is 6.05. The largest absolute Gasteiger partial charge is 0.465 e. The zero-order chi connectivity index (χ0) is 13.9. The summed E-state index contributed by atoms with van der Waals surface area (Å²) in [5.74, 6) is 11.5. The lowest BCUT2D eigenvalue weighted by atomic mass is 10.1. The van der Waals surface area contributed by atoms with E-state index < -0.39 is 0 Å². The molecular formula is C16H16O3. The molecule has 0 bridgehead atoms. The number of hydrogen-bond donors (Lipinski definition) is 1. The van der Waals surface area contributed by atoms with E-state index in [2.05, 4.69) is 23.7 Å². The van der Waals surface area contributed by atoms with E-state index in [9.17, 15) is 4.79 Å². The molecule has 0 spiro atoms. The SMILES string of the molecule is CC(=O)OCCC#Cc1ccccc1C#CCCO. The first-order chi connectivity index (χ1) is 9.24. The van der Waals surface area contributed by atoms with Crippen LogP contribution < -0.4 is 0 Å². The van der Waals surface area contributed by atoms with Gasteiger partial charge in [-0.15, -0.1) is 0 Å². The van der Waals surface area contributed by atoms with Crippen LogP contribution >= 0.6 is 0 Å². The van der Waals surface area contributed by atoms with Crippen molar-refractivity contribution in [3.63, 3.8) is 0 Å². The minimum atomic E-state index is -0.294. The molecule has 0 saturated heterocycles. The van der Waals surface area contributed by atoms with Crippen LogP contribution in [-0.4, -0.2) is 24.3 Å². The lowest BCUT2D eigenvalue weighted by Crippen LogP contribution is -1.99. The number of aliphatic hydroxyl groups excluding tert-OH is 1. The smallest absolute Gasteiger partial charge is 0.302 e. The van der Waals surface area contributed by atoms with Crippen molar-refractivity contribution in [3.8, 4) is 23.7 Å². The second kappa shape index (κ2) is 8.80. The molecule has 0 aliphatic carbocycles. The van der Waals surface area contributed by atoms with Gasteiger partial charge in [-0.1, -0.05) is 35.8 Å². The lowest BCUT2D eigenvalue weighted by Gasteiger charge is -1.96. The van der Waals surface area contributed by atoms with E-state index in [4.69, 9.17) is 9.84 Å². The van der Waals surface area contributed by atoms with Crippen molar-refractivity contribution in [2.75, 3.05) is 13.2 Å². The van der Waals surface area contributed by atoms with Crippen molar-refractivity contribution < 1.29 is 14.6 Å². The van der Waals surface area contributed by atoms with Crippen LogP contribution in [0.5, 0.6) is 0 Å². The Hall–Kier alpha value is -2.23. The van der Waals surface area contributed by atoms with E-state index in [-0.39, 0.29) is 12.6 Å². The van der Waals surface area contributed by atoms with Crippen LogP contribution in [0.2, 0.25) is 0 Å². The second-order valence-corrected chi connectivity index (χ2v) is 3.71.